The van der Waals surface area contributed by atoms with Crippen molar-refractivity contribution in [3.05, 3.63) is 62.3 Å². The number of hydrogen-bond donors (Lipinski definition) is 2. The van der Waals surface area contributed by atoms with Gasteiger partial charge in [0.1, 0.15) is 11.6 Å². The highest BCUT2D eigenvalue weighted by Crippen LogP contribution is 2.29. The first-order valence-electron chi connectivity index (χ1n) is 6.28. The molecule has 21 heavy (non-hydrogen) atoms. The molecule has 2 aromatic carbocycles. The first kappa shape index (κ1) is 16.4. The van der Waals surface area contributed by atoms with E-state index in [1.807, 2.05) is 18.2 Å². The van der Waals surface area contributed by atoms with E-state index in [1.54, 1.807) is 19.2 Å². The molecule has 1 unspecified atom stereocenters. The molecule has 112 valence electrons. The Morgan fingerprint density at radius 1 is 1.24 bits per heavy atom. The molecular weight excluding hydrogens is 403 g/mol. The van der Waals surface area contributed by atoms with E-state index in [9.17, 15) is 4.39 Å². The highest BCUT2D eigenvalue weighted by molar-refractivity contribution is 9.10. The van der Waals surface area contributed by atoms with E-state index in [1.165, 1.54) is 6.07 Å². The van der Waals surface area contributed by atoms with Crippen molar-refractivity contribution in [2.24, 2.45) is 5.84 Å². The maximum Gasteiger partial charge on any atom is 0.128 e. The molecule has 0 aliphatic rings. The summed E-state index contributed by atoms with van der Waals surface area (Å²) in [6.07, 6.45) is 0.529. The fourth-order valence-electron chi connectivity index (χ4n) is 2.09. The van der Waals surface area contributed by atoms with Crippen molar-refractivity contribution in [3.8, 4) is 5.75 Å². The molecule has 2 rings (SSSR count). The summed E-state index contributed by atoms with van der Waals surface area (Å²) in [6.45, 7) is 0. The van der Waals surface area contributed by atoms with Crippen LogP contribution in [0.5, 0.6) is 5.75 Å². The molecule has 0 spiro atoms. The van der Waals surface area contributed by atoms with Gasteiger partial charge in [0, 0.05) is 14.5 Å². The van der Waals surface area contributed by atoms with Crippen molar-refractivity contribution >= 4 is 31.9 Å². The maximum absolute atomic E-state index is 14.0. The molecular formula is C15H15Br2FN2O. The summed E-state index contributed by atoms with van der Waals surface area (Å²) in [4.78, 5) is 0. The lowest BCUT2D eigenvalue weighted by Crippen LogP contribution is -2.30. The Hall–Kier alpha value is -0.950. The maximum atomic E-state index is 14.0. The minimum absolute atomic E-state index is 0.292. The van der Waals surface area contributed by atoms with Gasteiger partial charge in [-0.1, -0.05) is 31.9 Å². The van der Waals surface area contributed by atoms with Gasteiger partial charge in [0.25, 0.3) is 0 Å². The van der Waals surface area contributed by atoms with Crippen LogP contribution in [0.25, 0.3) is 0 Å². The Kier molecular flexibility index (Phi) is 5.75. The molecule has 0 aliphatic heterocycles. The Balaban J connectivity index is 2.33. The summed E-state index contributed by atoms with van der Waals surface area (Å²) in [5, 5.41) is 0. The van der Waals surface area contributed by atoms with Gasteiger partial charge in [-0.2, -0.15) is 0 Å². The molecule has 3 nitrogen and oxygen atoms in total. The van der Waals surface area contributed by atoms with Crippen LogP contribution in [-0.2, 0) is 6.42 Å². The van der Waals surface area contributed by atoms with Gasteiger partial charge in [-0.15, -0.1) is 0 Å². The summed E-state index contributed by atoms with van der Waals surface area (Å²) in [5.41, 5.74) is 4.18. The second-order valence-corrected chi connectivity index (χ2v) is 6.32. The molecule has 0 radical (unpaired) electrons. The van der Waals surface area contributed by atoms with E-state index in [-0.39, 0.29) is 11.9 Å². The average Bonchev–Trinajstić information content (AvgIpc) is 2.49. The van der Waals surface area contributed by atoms with E-state index < -0.39 is 0 Å². The van der Waals surface area contributed by atoms with Gasteiger partial charge in [-0.05, 0) is 48.4 Å². The Bertz CT molecular complexity index is 637. The Morgan fingerprint density at radius 3 is 2.67 bits per heavy atom. The van der Waals surface area contributed by atoms with Gasteiger partial charge >= 0.3 is 0 Å². The standard InChI is InChI=1S/C15H15Br2FN2O/c1-21-11-3-4-13(17)9(6-11)7-15(20-19)12-8-10(16)2-5-14(12)18/h2-6,8,15,20H,7,19H2,1H3. The molecule has 0 aromatic heterocycles. The van der Waals surface area contributed by atoms with Gasteiger partial charge < -0.3 is 4.74 Å². The van der Waals surface area contributed by atoms with Crippen molar-refractivity contribution < 1.29 is 9.13 Å². The van der Waals surface area contributed by atoms with Crippen LogP contribution in [0.4, 0.5) is 4.39 Å². The SMILES string of the molecule is COc1ccc(Br)c(CC(NN)c2cc(Br)ccc2F)c1. The molecule has 0 bridgehead atoms. The number of ether oxygens (including phenoxy) is 1. The summed E-state index contributed by atoms with van der Waals surface area (Å²) in [5.74, 6) is 6.07. The number of benzene rings is 2. The molecule has 0 saturated heterocycles. The van der Waals surface area contributed by atoms with Gasteiger partial charge in [-0.25, -0.2) is 4.39 Å². The Morgan fingerprint density at radius 2 is 2.00 bits per heavy atom. The molecule has 0 amide bonds. The normalized spacial score (nSPS) is 12.2. The van der Waals surface area contributed by atoms with Crippen LogP contribution in [0.15, 0.2) is 45.3 Å². The predicted molar refractivity (Wildman–Crippen MR) is 88.6 cm³/mol. The number of hydrazine groups is 1. The Labute approximate surface area is 139 Å². The zero-order valence-electron chi connectivity index (χ0n) is 11.4. The second-order valence-electron chi connectivity index (χ2n) is 4.55. The van der Waals surface area contributed by atoms with E-state index >= 15 is 0 Å². The summed E-state index contributed by atoms with van der Waals surface area (Å²) < 4.78 is 21.0. The highest BCUT2D eigenvalue weighted by atomic mass is 79.9. The first-order valence-corrected chi connectivity index (χ1v) is 7.87. The zero-order chi connectivity index (χ0) is 15.4. The zero-order valence-corrected chi connectivity index (χ0v) is 14.5. The minimum Gasteiger partial charge on any atom is -0.497 e. The number of methoxy groups -OCH3 is 1. The molecule has 0 saturated carbocycles. The molecule has 6 heteroatoms. The van der Waals surface area contributed by atoms with Crippen molar-refractivity contribution in [3.63, 3.8) is 0 Å². The fraction of sp³-hybridized carbons (Fsp3) is 0.200. The van der Waals surface area contributed by atoms with E-state index in [4.69, 9.17) is 10.6 Å². The second kappa shape index (κ2) is 7.35. The van der Waals surface area contributed by atoms with Crippen LogP contribution >= 0.6 is 31.9 Å². The number of halogens is 3. The third kappa shape index (κ3) is 4.03. The van der Waals surface area contributed by atoms with Gasteiger partial charge in [-0.3, -0.25) is 11.3 Å². The van der Waals surface area contributed by atoms with Crippen molar-refractivity contribution in [2.45, 2.75) is 12.5 Å². The lowest BCUT2D eigenvalue weighted by atomic mass is 9.99. The largest absolute Gasteiger partial charge is 0.497 e. The van der Waals surface area contributed by atoms with Crippen LogP contribution in [0.2, 0.25) is 0 Å². The van der Waals surface area contributed by atoms with Gasteiger partial charge in [0.15, 0.2) is 0 Å². The lowest BCUT2D eigenvalue weighted by molar-refractivity contribution is 0.413. The third-order valence-electron chi connectivity index (χ3n) is 3.21. The molecule has 2 aromatic rings. The van der Waals surface area contributed by atoms with E-state index in [2.05, 4.69) is 37.3 Å². The summed E-state index contributed by atoms with van der Waals surface area (Å²) >= 11 is 6.85. The van der Waals surface area contributed by atoms with Crippen LogP contribution in [0, 0.1) is 5.82 Å². The number of rotatable bonds is 5. The lowest BCUT2D eigenvalue weighted by Gasteiger charge is -2.18. The van der Waals surface area contributed by atoms with Crippen LogP contribution < -0.4 is 16.0 Å². The predicted octanol–water partition coefficient (Wildman–Crippen LogP) is 4.11. The molecule has 1 atom stereocenters. The molecule has 0 aliphatic carbocycles. The molecule has 0 fully saturated rings. The summed E-state index contributed by atoms with van der Waals surface area (Å²) in [7, 11) is 1.61. The number of nitrogens with one attached hydrogen (secondary N) is 1. The summed E-state index contributed by atoms with van der Waals surface area (Å²) in [6, 6.07) is 10.1. The fourth-order valence-corrected chi connectivity index (χ4v) is 2.88. The molecule has 3 N–H and O–H groups in total. The van der Waals surface area contributed by atoms with Crippen LogP contribution in [-0.4, -0.2) is 7.11 Å². The number of hydrogen-bond acceptors (Lipinski definition) is 3. The topological polar surface area (TPSA) is 47.3 Å². The smallest absolute Gasteiger partial charge is 0.128 e. The van der Waals surface area contributed by atoms with E-state index in [0.29, 0.717) is 12.0 Å². The van der Waals surface area contributed by atoms with Crippen molar-refractivity contribution in [2.75, 3.05) is 7.11 Å². The van der Waals surface area contributed by atoms with Crippen molar-refractivity contribution in [1.29, 1.82) is 0 Å². The number of nitrogens with two attached hydrogens (primary N) is 1. The minimum atomic E-state index is -0.342. The van der Waals surface area contributed by atoms with Gasteiger partial charge in [0.05, 0.1) is 13.2 Å². The monoisotopic (exact) mass is 416 g/mol. The van der Waals surface area contributed by atoms with E-state index in [0.717, 1.165) is 20.3 Å². The quantitative estimate of drug-likeness (QED) is 0.568. The first-order chi connectivity index (χ1) is 10.0. The van der Waals surface area contributed by atoms with Gasteiger partial charge in [0.2, 0.25) is 0 Å². The van der Waals surface area contributed by atoms with Crippen LogP contribution in [0.1, 0.15) is 17.2 Å². The highest BCUT2D eigenvalue weighted by Gasteiger charge is 2.17. The average molecular weight is 418 g/mol. The van der Waals surface area contributed by atoms with Crippen LogP contribution in [0.3, 0.4) is 0 Å². The van der Waals surface area contributed by atoms with Crippen molar-refractivity contribution in [1.82, 2.24) is 5.43 Å². The molecule has 0 heterocycles. The third-order valence-corrected chi connectivity index (χ3v) is 4.48.